The fourth-order valence-electron chi connectivity index (χ4n) is 3.04. The van der Waals surface area contributed by atoms with Crippen molar-refractivity contribution in [3.05, 3.63) is 89.0 Å². The fourth-order valence-corrected chi connectivity index (χ4v) is 3.04. The van der Waals surface area contributed by atoms with Crippen molar-refractivity contribution in [2.24, 2.45) is 0 Å². The SMILES string of the molecule is Cc1cccc(C)c1-c1ccc(C(=O)O)c(NC(=O)c2ccccc2)c1. The number of aromatic carboxylic acids is 1. The van der Waals surface area contributed by atoms with Crippen molar-refractivity contribution in [3.63, 3.8) is 0 Å². The average molecular weight is 345 g/mol. The Balaban J connectivity index is 2.05. The van der Waals surface area contributed by atoms with Crippen LogP contribution in [0.3, 0.4) is 0 Å². The highest BCUT2D eigenvalue weighted by molar-refractivity contribution is 6.08. The topological polar surface area (TPSA) is 66.4 Å². The number of amides is 1. The van der Waals surface area contributed by atoms with Gasteiger partial charge in [-0.15, -0.1) is 0 Å². The van der Waals surface area contributed by atoms with Crippen LogP contribution < -0.4 is 5.32 Å². The summed E-state index contributed by atoms with van der Waals surface area (Å²) in [7, 11) is 0. The van der Waals surface area contributed by atoms with Crippen molar-refractivity contribution in [1.29, 1.82) is 0 Å². The van der Waals surface area contributed by atoms with Crippen LogP contribution in [0.5, 0.6) is 0 Å². The number of hydrogen-bond acceptors (Lipinski definition) is 2. The van der Waals surface area contributed by atoms with Crippen LogP contribution in [0.15, 0.2) is 66.7 Å². The molecule has 3 aromatic carbocycles. The molecule has 0 radical (unpaired) electrons. The Bertz CT molecular complexity index is 958. The number of nitrogens with one attached hydrogen (secondary N) is 1. The molecule has 130 valence electrons. The summed E-state index contributed by atoms with van der Waals surface area (Å²) in [4.78, 5) is 24.0. The number of hydrogen-bond donors (Lipinski definition) is 2. The van der Waals surface area contributed by atoms with Gasteiger partial charge in [-0.1, -0.05) is 42.5 Å². The monoisotopic (exact) mass is 345 g/mol. The summed E-state index contributed by atoms with van der Waals surface area (Å²) < 4.78 is 0. The molecule has 4 heteroatoms. The van der Waals surface area contributed by atoms with E-state index in [0.29, 0.717) is 5.56 Å². The van der Waals surface area contributed by atoms with E-state index in [-0.39, 0.29) is 17.2 Å². The van der Waals surface area contributed by atoms with Crippen LogP contribution in [-0.2, 0) is 0 Å². The normalized spacial score (nSPS) is 10.4. The second-order valence-electron chi connectivity index (χ2n) is 6.15. The van der Waals surface area contributed by atoms with E-state index in [9.17, 15) is 14.7 Å². The molecule has 4 nitrogen and oxygen atoms in total. The van der Waals surface area contributed by atoms with Gasteiger partial charge in [0, 0.05) is 5.56 Å². The highest BCUT2D eigenvalue weighted by atomic mass is 16.4. The summed E-state index contributed by atoms with van der Waals surface area (Å²) in [6, 6.07) is 19.8. The summed E-state index contributed by atoms with van der Waals surface area (Å²) in [5.41, 5.74) is 4.91. The zero-order chi connectivity index (χ0) is 18.7. The Morgan fingerprint density at radius 2 is 1.50 bits per heavy atom. The molecule has 0 saturated carbocycles. The highest BCUT2D eigenvalue weighted by Crippen LogP contribution is 2.31. The first-order valence-electron chi connectivity index (χ1n) is 8.27. The van der Waals surface area contributed by atoms with E-state index in [1.54, 1.807) is 36.4 Å². The van der Waals surface area contributed by atoms with Gasteiger partial charge in [0.1, 0.15) is 0 Å². The van der Waals surface area contributed by atoms with Crippen molar-refractivity contribution < 1.29 is 14.7 Å². The molecular weight excluding hydrogens is 326 g/mol. The van der Waals surface area contributed by atoms with Crippen LogP contribution in [0.2, 0.25) is 0 Å². The van der Waals surface area contributed by atoms with Crippen molar-refractivity contribution in [3.8, 4) is 11.1 Å². The average Bonchev–Trinajstić information content (AvgIpc) is 2.62. The molecule has 0 heterocycles. The third-order valence-electron chi connectivity index (χ3n) is 4.30. The predicted octanol–water partition coefficient (Wildman–Crippen LogP) is 4.92. The van der Waals surface area contributed by atoms with Gasteiger partial charge in [0.25, 0.3) is 5.91 Å². The maximum absolute atomic E-state index is 12.5. The summed E-state index contributed by atoms with van der Waals surface area (Å²) in [5.74, 6) is -1.42. The van der Waals surface area contributed by atoms with Crippen LogP contribution in [0, 0.1) is 13.8 Å². The van der Waals surface area contributed by atoms with Gasteiger partial charge < -0.3 is 10.4 Å². The maximum Gasteiger partial charge on any atom is 0.337 e. The van der Waals surface area contributed by atoms with Crippen LogP contribution in [0.4, 0.5) is 5.69 Å². The minimum absolute atomic E-state index is 0.0595. The first-order chi connectivity index (χ1) is 12.5. The fraction of sp³-hybridized carbons (Fsp3) is 0.0909. The molecule has 0 unspecified atom stereocenters. The Hall–Kier alpha value is -3.40. The lowest BCUT2D eigenvalue weighted by molar-refractivity contribution is 0.0698. The highest BCUT2D eigenvalue weighted by Gasteiger charge is 2.16. The van der Waals surface area contributed by atoms with E-state index in [2.05, 4.69) is 5.32 Å². The Kier molecular flexibility index (Phi) is 4.85. The van der Waals surface area contributed by atoms with Gasteiger partial charge in [-0.3, -0.25) is 4.79 Å². The van der Waals surface area contributed by atoms with Gasteiger partial charge in [-0.2, -0.15) is 0 Å². The summed E-state index contributed by atoms with van der Waals surface area (Å²) in [6.45, 7) is 4.02. The molecular formula is C22H19NO3. The molecule has 0 aliphatic rings. The van der Waals surface area contributed by atoms with Crippen LogP contribution in [0.25, 0.3) is 11.1 Å². The van der Waals surface area contributed by atoms with Gasteiger partial charge in [-0.25, -0.2) is 4.79 Å². The number of carbonyl (C=O) groups is 2. The van der Waals surface area contributed by atoms with E-state index < -0.39 is 5.97 Å². The van der Waals surface area contributed by atoms with E-state index in [1.165, 1.54) is 6.07 Å². The van der Waals surface area contributed by atoms with Gasteiger partial charge in [0.2, 0.25) is 0 Å². The molecule has 0 fully saturated rings. The molecule has 0 aliphatic heterocycles. The quantitative estimate of drug-likeness (QED) is 0.705. The van der Waals surface area contributed by atoms with Gasteiger partial charge >= 0.3 is 5.97 Å². The minimum Gasteiger partial charge on any atom is -0.478 e. The molecule has 0 atom stereocenters. The van der Waals surface area contributed by atoms with Crippen molar-refractivity contribution in [2.45, 2.75) is 13.8 Å². The number of rotatable bonds is 4. The number of aryl methyl sites for hydroxylation is 2. The van der Waals surface area contributed by atoms with Crippen molar-refractivity contribution >= 4 is 17.6 Å². The zero-order valence-corrected chi connectivity index (χ0v) is 14.6. The van der Waals surface area contributed by atoms with Crippen LogP contribution in [-0.4, -0.2) is 17.0 Å². The number of carboxylic acid groups (broad SMARTS) is 1. The first kappa shape index (κ1) is 17.4. The summed E-state index contributed by atoms with van der Waals surface area (Å²) in [6.07, 6.45) is 0. The Morgan fingerprint density at radius 1 is 0.846 bits per heavy atom. The molecule has 0 bridgehead atoms. The molecule has 0 spiro atoms. The molecule has 3 rings (SSSR count). The lowest BCUT2D eigenvalue weighted by Crippen LogP contribution is -2.14. The molecule has 1 amide bonds. The van der Waals surface area contributed by atoms with Crippen molar-refractivity contribution in [2.75, 3.05) is 5.32 Å². The molecule has 0 saturated heterocycles. The number of benzene rings is 3. The molecule has 0 aliphatic carbocycles. The Labute approximate surface area is 152 Å². The zero-order valence-electron chi connectivity index (χ0n) is 14.6. The lowest BCUT2D eigenvalue weighted by atomic mass is 9.94. The second-order valence-corrected chi connectivity index (χ2v) is 6.15. The number of anilines is 1. The van der Waals surface area contributed by atoms with Gasteiger partial charge in [0.05, 0.1) is 11.3 Å². The molecule has 3 aromatic rings. The van der Waals surface area contributed by atoms with Gasteiger partial charge in [0.15, 0.2) is 0 Å². The minimum atomic E-state index is -1.08. The lowest BCUT2D eigenvalue weighted by Gasteiger charge is -2.14. The van der Waals surface area contributed by atoms with Crippen molar-refractivity contribution in [1.82, 2.24) is 0 Å². The van der Waals surface area contributed by atoms with Crippen LogP contribution in [0.1, 0.15) is 31.8 Å². The molecule has 0 aromatic heterocycles. The summed E-state index contributed by atoms with van der Waals surface area (Å²) >= 11 is 0. The predicted molar refractivity (Wildman–Crippen MR) is 103 cm³/mol. The van der Waals surface area contributed by atoms with E-state index in [0.717, 1.165) is 22.3 Å². The Morgan fingerprint density at radius 3 is 2.12 bits per heavy atom. The second kappa shape index (κ2) is 7.23. The first-order valence-corrected chi connectivity index (χ1v) is 8.27. The largest absolute Gasteiger partial charge is 0.478 e. The summed E-state index contributed by atoms with van der Waals surface area (Å²) in [5, 5.41) is 12.2. The van der Waals surface area contributed by atoms with Gasteiger partial charge in [-0.05, 0) is 60.4 Å². The third kappa shape index (κ3) is 3.49. The van der Waals surface area contributed by atoms with E-state index >= 15 is 0 Å². The number of carboxylic acids is 1. The smallest absolute Gasteiger partial charge is 0.337 e. The van der Waals surface area contributed by atoms with E-state index in [4.69, 9.17) is 0 Å². The third-order valence-corrected chi connectivity index (χ3v) is 4.30. The number of carbonyl (C=O) groups excluding carboxylic acids is 1. The molecule has 26 heavy (non-hydrogen) atoms. The molecule has 2 N–H and O–H groups in total. The standard InChI is InChI=1S/C22H19NO3/c1-14-7-6-8-15(2)20(14)17-11-12-18(22(25)26)19(13-17)23-21(24)16-9-4-3-5-10-16/h3-13H,1-2H3,(H,23,24)(H,25,26). The van der Waals surface area contributed by atoms with E-state index in [1.807, 2.05) is 38.1 Å². The maximum atomic E-state index is 12.5. The van der Waals surface area contributed by atoms with Crippen LogP contribution >= 0.6 is 0 Å².